The number of hydrogen-bond acceptors (Lipinski definition) is 1. The van der Waals surface area contributed by atoms with Gasteiger partial charge in [0.1, 0.15) is 5.82 Å². The van der Waals surface area contributed by atoms with Crippen LogP contribution in [0.1, 0.15) is 18.7 Å². The van der Waals surface area contributed by atoms with Gasteiger partial charge in [0, 0.05) is 31.2 Å². The number of nitrogens with zero attached hydrogens (tertiary/aromatic N) is 2. The van der Waals surface area contributed by atoms with Crippen molar-refractivity contribution in [1.29, 1.82) is 0 Å². The zero-order chi connectivity index (χ0) is 9.52. The third-order valence-electron chi connectivity index (χ3n) is 1.90. The van der Waals surface area contributed by atoms with Gasteiger partial charge in [0.25, 0.3) is 0 Å². The predicted molar refractivity (Wildman–Crippen MR) is 59.1 cm³/mol. The SMILES string of the molecule is Cn1ccnc1CC/C=C/CCBr. The first-order chi connectivity index (χ1) is 6.34. The van der Waals surface area contributed by atoms with Gasteiger partial charge in [0.2, 0.25) is 0 Å². The quantitative estimate of drug-likeness (QED) is 0.574. The standard InChI is InChI=1S/C10H15BrN2/c1-13-9-8-12-10(13)6-4-2-3-5-7-11/h2-3,8-9H,4-7H2,1H3/b3-2+. The molecule has 0 bridgehead atoms. The second kappa shape index (κ2) is 5.97. The van der Waals surface area contributed by atoms with Crippen molar-refractivity contribution in [2.75, 3.05) is 5.33 Å². The molecule has 2 nitrogen and oxygen atoms in total. The number of aromatic nitrogens is 2. The van der Waals surface area contributed by atoms with Crippen LogP contribution in [0.15, 0.2) is 24.5 Å². The molecule has 0 saturated carbocycles. The predicted octanol–water partition coefficient (Wildman–Crippen LogP) is 2.69. The Balaban J connectivity index is 2.24. The third kappa shape index (κ3) is 3.77. The highest BCUT2D eigenvalue weighted by Crippen LogP contribution is 2.00. The van der Waals surface area contributed by atoms with Crippen molar-refractivity contribution in [2.24, 2.45) is 7.05 Å². The molecule has 1 rings (SSSR count). The van der Waals surface area contributed by atoms with Crippen LogP contribution in [0, 0.1) is 0 Å². The number of aryl methyl sites for hydroxylation is 2. The smallest absolute Gasteiger partial charge is 0.108 e. The molecule has 1 aromatic heterocycles. The topological polar surface area (TPSA) is 17.8 Å². The molecule has 0 aliphatic heterocycles. The minimum atomic E-state index is 1.03. The fourth-order valence-electron chi connectivity index (χ4n) is 1.15. The molecule has 0 N–H and O–H groups in total. The first-order valence-electron chi connectivity index (χ1n) is 4.51. The normalized spacial score (nSPS) is 11.2. The molecule has 0 atom stereocenters. The van der Waals surface area contributed by atoms with Gasteiger partial charge >= 0.3 is 0 Å². The lowest BCUT2D eigenvalue weighted by Crippen LogP contribution is -1.95. The molecule has 1 heterocycles. The van der Waals surface area contributed by atoms with Crippen LogP contribution < -0.4 is 0 Å². The maximum atomic E-state index is 4.25. The van der Waals surface area contributed by atoms with Gasteiger partial charge in [-0.05, 0) is 12.8 Å². The Morgan fingerprint density at radius 3 is 2.85 bits per heavy atom. The summed E-state index contributed by atoms with van der Waals surface area (Å²) in [7, 11) is 2.03. The zero-order valence-corrected chi connectivity index (χ0v) is 9.50. The average molecular weight is 243 g/mol. The summed E-state index contributed by atoms with van der Waals surface area (Å²) >= 11 is 3.38. The highest BCUT2D eigenvalue weighted by Gasteiger charge is 1.95. The Labute approximate surface area is 87.8 Å². The molecule has 0 aliphatic rings. The number of halogens is 1. The van der Waals surface area contributed by atoms with Crippen LogP contribution >= 0.6 is 15.9 Å². The molecule has 0 unspecified atom stereocenters. The second-order valence-corrected chi connectivity index (χ2v) is 3.74. The fraction of sp³-hybridized carbons (Fsp3) is 0.500. The van der Waals surface area contributed by atoms with E-state index >= 15 is 0 Å². The van der Waals surface area contributed by atoms with E-state index in [-0.39, 0.29) is 0 Å². The van der Waals surface area contributed by atoms with Crippen molar-refractivity contribution in [3.63, 3.8) is 0 Å². The summed E-state index contributed by atoms with van der Waals surface area (Å²) in [4.78, 5) is 4.25. The molecular formula is C10H15BrN2. The van der Waals surface area contributed by atoms with E-state index in [1.165, 1.54) is 0 Å². The van der Waals surface area contributed by atoms with Gasteiger partial charge in [0.05, 0.1) is 0 Å². The summed E-state index contributed by atoms with van der Waals surface area (Å²) in [5.74, 6) is 1.16. The minimum Gasteiger partial charge on any atom is -0.338 e. The first-order valence-corrected chi connectivity index (χ1v) is 5.64. The molecule has 0 saturated heterocycles. The van der Waals surface area contributed by atoms with Crippen LogP contribution in [0.5, 0.6) is 0 Å². The van der Waals surface area contributed by atoms with Crippen molar-refractivity contribution in [3.05, 3.63) is 30.4 Å². The van der Waals surface area contributed by atoms with Gasteiger partial charge in [-0.3, -0.25) is 0 Å². The number of imidazole rings is 1. The summed E-state index contributed by atoms with van der Waals surface area (Å²) in [6, 6.07) is 0. The summed E-state index contributed by atoms with van der Waals surface area (Å²) in [6.45, 7) is 0. The van der Waals surface area contributed by atoms with Crippen LogP contribution in [0.3, 0.4) is 0 Å². The molecule has 1 aromatic rings. The Kier molecular flexibility index (Phi) is 4.83. The van der Waals surface area contributed by atoms with E-state index in [9.17, 15) is 0 Å². The largest absolute Gasteiger partial charge is 0.338 e. The Morgan fingerprint density at radius 1 is 1.46 bits per heavy atom. The van der Waals surface area contributed by atoms with E-state index in [4.69, 9.17) is 0 Å². The summed E-state index contributed by atoms with van der Waals surface area (Å²) in [5, 5.41) is 1.05. The Bertz CT molecular complexity index is 266. The lowest BCUT2D eigenvalue weighted by atomic mass is 10.2. The van der Waals surface area contributed by atoms with Gasteiger partial charge in [0.15, 0.2) is 0 Å². The average Bonchev–Trinajstić information content (AvgIpc) is 2.52. The molecule has 0 fully saturated rings. The summed E-state index contributed by atoms with van der Waals surface area (Å²) in [6.07, 6.45) is 11.5. The van der Waals surface area contributed by atoms with Crippen LogP contribution in [0.2, 0.25) is 0 Å². The molecule has 0 radical (unpaired) electrons. The van der Waals surface area contributed by atoms with Crippen molar-refractivity contribution in [1.82, 2.24) is 9.55 Å². The van der Waals surface area contributed by atoms with Gasteiger partial charge in [-0.15, -0.1) is 0 Å². The molecule has 3 heteroatoms. The van der Waals surface area contributed by atoms with Crippen LogP contribution in [0.4, 0.5) is 0 Å². The molecule has 13 heavy (non-hydrogen) atoms. The van der Waals surface area contributed by atoms with Crippen molar-refractivity contribution < 1.29 is 0 Å². The van der Waals surface area contributed by atoms with Crippen molar-refractivity contribution >= 4 is 15.9 Å². The first kappa shape index (κ1) is 10.5. The molecule has 0 amide bonds. The highest BCUT2D eigenvalue weighted by atomic mass is 79.9. The lowest BCUT2D eigenvalue weighted by Gasteiger charge is -1.97. The minimum absolute atomic E-state index is 1.03. The number of rotatable bonds is 5. The van der Waals surface area contributed by atoms with E-state index in [0.717, 1.165) is 30.4 Å². The maximum Gasteiger partial charge on any atom is 0.108 e. The van der Waals surface area contributed by atoms with Gasteiger partial charge in [-0.1, -0.05) is 28.1 Å². The lowest BCUT2D eigenvalue weighted by molar-refractivity contribution is 0.779. The molecule has 0 spiro atoms. The second-order valence-electron chi connectivity index (χ2n) is 2.94. The zero-order valence-electron chi connectivity index (χ0n) is 7.91. The van der Waals surface area contributed by atoms with E-state index < -0.39 is 0 Å². The van der Waals surface area contributed by atoms with Crippen molar-refractivity contribution in [3.8, 4) is 0 Å². The van der Waals surface area contributed by atoms with Gasteiger partial charge in [-0.25, -0.2) is 4.98 Å². The van der Waals surface area contributed by atoms with Crippen LogP contribution in [-0.4, -0.2) is 14.9 Å². The van der Waals surface area contributed by atoms with E-state index in [1.807, 2.05) is 19.4 Å². The van der Waals surface area contributed by atoms with E-state index in [0.29, 0.717) is 0 Å². The van der Waals surface area contributed by atoms with Gasteiger partial charge < -0.3 is 4.57 Å². The molecule has 0 aliphatic carbocycles. The number of alkyl halides is 1. The molecular weight excluding hydrogens is 228 g/mol. The molecule has 72 valence electrons. The highest BCUT2D eigenvalue weighted by molar-refractivity contribution is 9.09. The summed E-state index contributed by atoms with van der Waals surface area (Å²) < 4.78 is 2.07. The van der Waals surface area contributed by atoms with Gasteiger partial charge in [-0.2, -0.15) is 0 Å². The number of allylic oxidation sites excluding steroid dienone is 2. The van der Waals surface area contributed by atoms with E-state index in [2.05, 4.69) is 37.6 Å². The summed E-state index contributed by atoms with van der Waals surface area (Å²) in [5.41, 5.74) is 0. The van der Waals surface area contributed by atoms with E-state index in [1.54, 1.807) is 0 Å². The maximum absolute atomic E-state index is 4.25. The number of hydrogen-bond donors (Lipinski definition) is 0. The Hall–Kier alpha value is -0.570. The van der Waals surface area contributed by atoms with Crippen LogP contribution in [0.25, 0.3) is 0 Å². The molecule has 0 aromatic carbocycles. The van der Waals surface area contributed by atoms with Crippen LogP contribution in [-0.2, 0) is 13.5 Å². The third-order valence-corrected chi connectivity index (χ3v) is 2.36. The van der Waals surface area contributed by atoms with Crippen molar-refractivity contribution in [2.45, 2.75) is 19.3 Å². The monoisotopic (exact) mass is 242 g/mol. The fourth-order valence-corrected chi connectivity index (χ4v) is 1.41. The Morgan fingerprint density at radius 2 is 2.23 bits per heavy atom.